The van der Waals surface area contributed by atoms with Crippen LogP contribution in [0.1, 0.15) is 22.3 Å². The van der Waals surface area contributed by atoms with Gasteiger partial charge in [0.15, 0.2) is 0 Å². The van der Waals surface area contributed by atoms with E-state index in [0.29, 0.717) is 0 Å². The molecule has 5 rings (SSSR count). The van der Waals surface area contributed by atoms with Gasteiger partial charge in [-0.05, 0) is 68.1 Å². The lowest BCUT2D eigenvalue weighted by Crippen LogP contribution is -2.37. The maximum atomic E-state index is 2.27. The van der Waals surface area contributed by atoms with Crippen molar-refractivity contribution in [3.8, 4) is 0 Å². The van der Waals surface area contributed by atoms with Gasteiger partial charge >= 0.3 is 0 Å². The smallest absolute Gasteiger partial charge is 0.00178 e. The summed E-state index contributed by atoms with van der Waals surface area (Å²) < 4.78 is 0. The molecule has 0 amide bonds. The summed E-state index contributed by atoms with van der Waals surface area (Å²) in [5.41, 5.74) is 7.68. The molecule has 144 valence electrons. The van der Waals surface area contributed by atoms with E-state index in [1.807, 2.05) is 0 Å². The summed E-state index contributed by atoms with van der Waals surface area (Å²) in [6.45, 7) is 4.44. The van der Waals surface area contributed by atoms with Crippen LogP contribution in [0.4, 0.5) is 0 Å². The zero-order valence-electron chi connectivity index (χ0n) is 17.4. The molecule has 0 radical (unpaired) electrons. The summed E-state index contributed by atoms with van der Waals surface area (Å²) in [7, 11) is 0. The highest BCUT2D eigenvalue weighted by Gasteiger charge is 2.16. The molecular weight excluding hydrogens is 360 g/mol. The molecule has 4 aromatic carbocycles. The summed E-state index contributed by atoms with van der Waals surface area (Å²) >= 11 is 0. The third kappa shape index (κ3) is 3.11. The second-order valence-corrected chi connectivity index (χ2v) is 7.89. The van der Waals surface area contributed by atoms with Crippen LogP contribution in [0.25, 0.3) is 23.3 Å². The summed E-state index contributed by atoms with van der Waals surface area (Å²) in [6, 6.07) is 34.9. The lowest BCUT2D eigenvalue weighted by Gasteiger charge is -2.18. The van der Waals surface area contributed by atoms with Crippen molar-refractivity contribution in [2.75, 3.05) is 0 Å². The van der Waals surface area contributed by atoms with Crippen LogP contribution >= 0.6 is 0 Å². The summed E-state index contributed by atoms with van der Waals surface area (Å²) in [4.78, 5) is 0. The van der Waals surface area contributed by atoms with Gasteiger partial charge in [0.1, 0.15) is 0 Å². The minimum Gasteiger partial charge on any atom is -0.0622 e. The number of aryl methyl sites for hydroxylation is 2. The molecule has 1 aliphatic rings. The quantitative estimate of drug-likeness (QED) is 0.490. The Kier molecular flexibility index (Phi) is 4.69. The zero-order chi connectivity index (χ0) is 20.5. The predicted octanol–water partition coefficient (Wildman–Crippen LogP) is 3.98. The van der Waals surface area contributed by atoms with Gasteiger partial charge in [0.2, 0.25) is 0 Å². The van der Waals surface area contributed by atoms with E-state index in [1.54, 1.807) is 0 Å². The molecule has 0 saturated carbocycles. The van der Waals surface area contributed by atoms with E-state index in [0.717, 1.165) is 0 Å². The topological polar surface area (TPSA) is 0 Å². The standard InChI is InChI=1S/C30H24/c1-21-11-9-17-25-19-20-26-18-10-12-22(2)28(26)30(24-15-7-4-8-16-24)29(27(21)25)23-13-5-3-6-14-23/h3-20H,1-2H3/b20-19?,25-19-,26-20-,29-27-,30-28-,30-29?. The molecule has 0 N–H and O–H groups in total. The van der Waals surface area contributed by atoms with Crippen LogP contribution in [0.5, 0.6) is 0 Å². The molecule has 4 aromatic rings. The van der Waals surface area contributed by atoms with Crippen molar-refractivity contribution in [3.05, 3.63) is 140 Å². The third-order valence-corrected chi connectivity index (χ3v) is 5.93. The molecule has 0 aromatic heterocycles. The molecule has 0 saturated heterocycles. The van der Waals surface area contributed by atoms with Gasteiger partial charge in [-0.1, -0.05) is 109 Å². The van der Waals surface area contributed by atoms with Crippen molar-refractivity contribution in [1.82, 2.24) is 0 Å². The number of fused-ring (bicyclic) bond motifs is 2. The summed E-state index contributed by atoms with van der Waals surface area (Å²) in [5, 5.41) is 5.14. The van der Waals surface area contributed by atoms with Gasteiger partial charge in [0, 0.05) is 0 Å². The second-order valence-electron chi connectivity index (χ2n) is 7.89. The fraction of sp³-hybridized carbons (Fsp3) is 0.0667. The molecule has 0 aliphatic heterocycles. The molecular formula is C30H24. The van der Waals surface area contributed by atoms with Crippen LogP contribution in [0.15, 0.2) is 97.1 Å². The first-order valence-electron chi connectivity index (χ1n) is 10.5. The van der Waals surface area contributed by atoms with Crippen LogP contribution in [0.3, 0.4) is 0 Å². The van der Waals surface area contributed by atoms with Crippen molar-refractivity contribution >= 4 is 23.3 Å². The Hall–Kier alpha value is -3.64. The van der Waals surface area contributed by atoms with Crippen LogP contribution in [0.2, 0.25) is 0 Å². The molecule has 1 aliphatic carbocycles. The van der Waals surface area contributed by atoms with E-state index < -0.39 is 0 Å². The summed E-state index contributed by atoms with van der Waals surface area (Å²) in [5.74, 6) is 0. The monoisotopic (exact) mass is 384 g/mol. The predicted molar refractivity (Wildman–Crippen MR) is 128 cm³/mol. The van der Waals surface area contributed by atoms with E-state index in [2.05, 4.69) is 123 Å². The van der Waals surface area contributed by atoms with Gasteiger partial charge in [-0.15, -0.1) is 0 Å². The molecule has 0 atom stereocenters. The number of hydrogen-bond donors (Lipinski definition) is 0. The van der Waals surface area contributed by atoms with E-state index in [4.69, 9.17) is 0 Å². The Morgan fingerprint density at radius 2 is 0.800 bits per heavy atom. The van der Waals surface area contributed by atoms with Crippen LogP contribution in [-0.4, -0.2) is 0 Å². The van der Waals surface area contributed by atoms with Gasteiger partial charge in [0.25, 0.3) is 0 Å². The third-order valence-electron chi connectivity index (χ3n) is 5.93. The highest BCUT2D eigenvalue weighted by Crippen LogP contribution is 2.27. The van der Waals surface area contributed by atoms with Crippen LogP contribution in [0, 0.1) is 13.8 Å². The number of rotatable bonds is 2. The molecule has 0 heteroatoms. The molecule has 0 fully saturated rings. The zero-order valence-corrected chi connectivity index (χ0v) is 17.4. The Bertz CT molecular complexity index is 1350. The SMILES string of the molecule is Cc1cccc2/c1=C(c1ccccc1)\C(c1ccccc1)=c1\c(C)ccc\c1=C\C=2. The van der Waals surface area contributed by atoms with Gasteiger partial charge in [-0.25, -0.2) is 0 Å². The van der Waals surface area contributed by atoms with Gasteiger partial charge in [-0.2, -0.15) is 0 Å². The highest BCUT2D eigenvalue weighted by atomic mass is 14.2. The van der Waals surface area contributed by atoms with E-state index in [1.165, 1.54) is 54.3 Å². The van der Waals surface area contributed by atoms with Gasteiger partial charge in [-0.3, -0.25) is 0 Å². The van der Waals surface area contributed by atoms with Crippen LogP contribution < -0.4 is 20.9 Å². The largest absolute Gasteiger partial charge is 0.0622 e. The molecule has 0 bridgehead atoms. The Morgan fingerprint density at radius 1 is 0.400 bits per heavy atom. The summed E-state index contributed by atoms with van der Waals surface area (Å²) in [6.07, 6.45) is 4.54. The Morgan fingerprint density at radius 3 is 1.20 bits per heavy atom. The van der Waals surface area contributed by atoms with Gasteiger partial charge in [0.05, 0.1) is 0 Å². The maximum absolute atomic E-state index is 2.27. The van der Waals surface area contributed by atoms with Crippen LogP contribution in [-0.2, 0) is 0 Å². The number of benzene rings is 4. The van der Waals surface area contributed by atoms with E-state index in [-0.39, 0.29) is 0 Å². The van der Waals surface area contributed by atoms with Gasteiger partial charge < -0.3 is 0 Å². The molecule has 30 heavy (non-hydrogen) atoms. The lowest BCUT2D eigenvalue weighted by atomic mass is 9.85. The average Bonchev–Trinajstić information content (AvgIpc) is 2.77. The van der Waals surface area contributed by atoms with Crippen molar-refractivity contribution in [2.45, 2.75) is 13.8 Å². The molecule has 0 unspecified atom stereocenters. The van der Waals surface area contributed by atoms with Crippen molar-refractivity contribution in [2.24, 2.45) is 0 Å². The molecule has 0 heterocycles. The minimum atomic E-state index is 1.25. The molecule has 0 spiro atoms. The van der Waals surface area contributed by atoms with Crippen molar-refractivity contribution in [1.29, 1.82) is 0 Å². The minimum absolute atomic E-state index is 1.25. The first-order chi connectivity index (χ1) is 14.7. The molecule has 0 nitrogen and oxygen atoms in total. The first kappa shape index (κ1) is 18.4. The van der Waals surface area contributed by atoms with Crippen molar-refractivity contribution in [3.63, 3.8) is 0 Å². The van der Waals surface area contributed by atoms with E-state index in [9.17, 15) is 0 Å². The fourth-order valence-corrected chi connectivity index (χ4v) is 4.56. The Balaban J connectivity index is 2.14. The first-order valence-corrected chi connectivity index (χ1v) is 10.5. The van der Waals surface area contributed by atoms with E-state index >= 15 is 0 Å². The normalized spacial score (nSPS) is 18.6. The average molecular weight is 385 g/mol. The van der Waals surface area contributed by atoms with Crippen molar-refractivity contribution < 1.29 is 0 Å². The fourth-order valence-electron chi connectivity index (χ4n) is 4.56. The highest BCUT2D eigenvalue weighted by molar-refractivity contribution is 6.05. The second kappa shape index (κ2) is 7.65. The maximum Gasteiger partial charge on any atom is -0.00178 e. The lowest BCUT2D eigenvalue weighted by molar-refractivity contribution is 1.32. The Labute approximate surface area is 177 Å². The number of hydrogen-bond acceptors (Lipinski definition) is 0.